The van der Waals surface area contributed by atoms with E-state index in [1.165, 1.54) is 0 Å². The second kappa shape index (κ2) is 7.39. The lowest BCUT2D eigenvalue weighted by molar-refractivity contribution is -0.125. The molecule has 1 saturated carbocycles. The Kier molecular flexibility index (Phi) is 5.77. The van der Waals surface area contributed by atoms with Crippen molar-refractivity contribution in [2.24, 2.45) is 17.8 Å². The molecular weight excluding hydrogens is 284 g/mol. The van der Waals surface area contributed by atoms with Gasteiger partial charge in [0.25, 0.3) is 0 Å². The summed E-state index contributed by atoms with van der Waals surface area (Å²) in [5, 5.41) is 32.7. The van der Waals surface area contributed by atoms with Gasteiger partial charge >= 0.3 is 0 Å². The van der Waals surface area contributed by atoms with E-state index in [1.54, 1.807) is 11.9 Å². The summed E-state index contributed by atoms with van der Waals surface area (Å²) in [7, 11) is 1.60. The van der Waals surface area contributed by atoms with E-state index in [0.717, 1.165) is 25.7 Å². The standard InChI is InChI=1S/C15H28N4O3/c1-9-7-12(20)19(14(9)22)8-10-3-5-11(6-4-10)13(21)18-15(16)17-2/h9-12,14,20,22H,3-8H2,1-2H3,(H3,16,17,18,21)/t9-,10?,11?,12-,14+/m1/s1. The van der Waals surface area contributed by atoms with Gasteiger partial charge in [-0.2, -0.15) is 0 Å². The van der Waals surface area contributed by atoms with Crippen LogP contribution in [0.2, 0.25) is 0 Å². The van der Waals surface area contributed by atoms with E-state index in [1.807, 2.05) is 6.92 Å². The maximum atomic E-state index is 12.0. The molecule has 1 amide bonds. The highest BCUT2D eigenvalue weighted by Crippen LogP contribution is 2.33. The Balaban J connectivity index is 1.78. The van der Waals surface area contributed by atoms with Gasteiger partial charge in [-0.25, -0.2) is 0 Å². The van der Waals surface area contributed by atoms with Gasteiger partial charge in [0.05, 0.1) is 0 Å². The Morgan fingerprint density at radius 3 is 2.41 bits per heavy atom. The SMILES string of the molecule is CNC(=N)NC(=O)C1CCC(CN2[C@H](O)C[C@@H](C)[C@@H]2O)CC1. The first-order valence-electron chi connectivity index (χ1n) is 8.11. The molecule has 3 atom stereocenters. The number of aliphatic hydroxyl groups excluding tert-OH is 2. The number of nitrogens with one attached hydrogen (secondary N) is 3. The highest BCUT2D eigenvalue weighted by molar-refractivity contribution is 5.96. The van der Waals surface area contributed by atoms with Gasteiger partial charge in [0.1, 0.15) is 12.5 Å². The van der Waals surface area contributed by atoms with E-state index in [-0.39, 0.29) is 23.7 Å². The fourth-order valence-electron chi connectivity index (χ4n) is 3.52. The maximum absolute atomic E-state index is 12.0. The summed E-state index contributed by atoms with van der Waals surface area (Å²) in [6.45, 7) is 2.64. The smallest absolute Gasteiger partial charge is 0.229 e. The molecular formula is C15H28N4O3. The average Bonchev–Trinajstić information content (AvgIpc) is 2.74. The van der Waals surface area contributed by atoms with Crippen LogP contribution in [-0.4, -0.2) is 53.0 Å². The van der Waals surface area contributed by atoms with E-state index in [0.29, 0.717) is 18.9 Å². The third-order valence-electron chi connectivity index (χ3n) is 5.00. The summed E-state index contributed by atoms with van der Waals surface area (Å²) in [4.78, 5) is 13.8. The lowest BCUT2D eigenvalue weighted by atomic mass is 9.81. The van der Waals surface area contributed by atoms with Gasteiger partial charge in [-0.3, -0.25) is 20.4 Å². The van der Waals surface area contributed by atoms with Gasteiger partial charge in [-0.1, -0.05) is 6.92 Å². The van der Waals surface area contributed by atoms with E-state index in [9.17, 15) is 15.0 Å². The molecule has 0 aromatic carbocycles. The zero-order valence-electron chi connectivity index (χ0n) is 13.4. The van der Waals surface area contributed by atoms with Crippen LogP contribution in [0, 0.1) is 23.2 Å². The maximum Gasteiger partial charge on any atom is 0.229 e. The van der Waals surface area contributed by atoms with Crippen molar-refractivity contribution in [1.29, 1.82) is 5.41 Å². The Morgan fingerprint density at radius 1 is 1.27 bits per heavy atom. The lowest BCUT2D eigenvalue weighted by Gasteiger charge is -2.33. The van der Waals surface area contributed by atoms with Crippen LogP contribution >= 0.6 is 0 Å². The van der Waals surface area contributed by atoms with Crippen molar-refractivity contribution in [3.05, 3.63) is 0 Å². The van der Waals surface area contributed by atoms with Gasteiger partial charge < -0.3 is 15.5 Å². The number of hydrogen-bond acceptors (Lipinski definition) is 5. The number of carbonyl (C=O) groups is 1. The predicted molar refractivity (Wildman–Crippen MR) is 82.9 cm³/mol. The van der Waals surface area contributed by atoms with E-state index in [4.69, 9.17) is 5.41 Å². The van der Waals surface area contributed by atoms with Crippen LogP contribution in [-0.2, 0) is 4.79 Å². The molecule has 0 aromatic rings. The van der Waals surface area contributed by atoms with Crippen molar-refractivity contribution in [3.8, 4) is 0 Å². The fraction of sp³-hybridized carbons (Fsp3) is 0.867. The molecule has 0 bridgehead atoms. The molecule has 2 fully saturated rings. The predicted octanol–water partition coefficient (Wildman–Crippen LogP) is 0.0418. The number of hydrogen-bond donors (Lipinski definition) is 5. The molecule has 1 aliphatic heterocycles. The minimum Gasteiger partial charge on any atom is -0.378 e. The molecule has 1 saturated heterocycles. The number of guanidine groups is 1. The van der Waals surface area contributed by atoms with Gasteiger partial charge in [-0.15, -0.1) is 0 Å². The van der Waals surface area contributed by atoms with Crippen molar-refractivity contribution in [1.82, 2.24) is 15.5 Å². The number of carbonyl (C=O) groups excluding carboxylic acids is 1. The first kappa shape index (κ1) is 17.2. The molecule has 2 rings (SSSR count). The molecule has 5 N–H and O–H groups in total. The second-order valence-corrected chi connectivity index (χ2v) is 6.64. The van der Waals surface area contributed by atoms with Crippen LogP contribution in [0.5, 0.6) is 0 Å². The lowest BCUT2D eigenvalue weighted by Crippen LogP contribution is -2.44. The molecule has 1 aliphatic carbocycles. The summed E-state index contributed by atoms with van der Waals surface area (Å²) in [5.41, 5.74) is 0. The molecule has 1 heterocycles. The normalized spacial score (nSPS) is 36.1. The highest BCUT2D eigenvalue weighted by atomic mass is 16.3. The van der Waals surface area contributed by atoms with Gasteiger partial charge in [0.2, 0.25) is 5.91 Å². The second-order valence-electron chi connectivity index (χ2n) is 6.64. The van der Waals surface area contributed by atoms with Crippen molar-refractivity contribution in [3.63, 3.8) is 0 Å². The average molecular weight is 312 g/mol. The zero-order valence-corrected chi connectivity index (χ0v) is 13.4. The Labute approximate surface area is 131 Å². The first-order valence-corrected chi connectivity index (χ1v) is 8.11. The van der Waals surface area contributed by atoms with Crippen LogP contribution < -0.4 is 10.6 Å². The van der Waals surface area contributed by atoms with Crippen molar-refractivity contribution in [2.45, 2.75) is 51.5 Å². The van der Waals surface area contributed by atoms with Crippen LogP contribution in [0.15, 0.2) is 0 Å². The van der Waals surface area contributed by atoms with Crippen LogP contribution in [0.25, 0.3) is 0 Å². The molecule has 0 spiro atoms. The van der Waals surface area contributed by atoms with Crippen LogP contribution in [0.1, 0.15) is 39.0 Å². The zero-order chi connectivity index (χ0) is 16.3. The molecule has 2 aliphatic rings. The Bertz CT molecular complexity index is 410. The fourth-order valence-corrected chi connectivity index (χ4v) is 3.52. The summed E-state index contributed by atoms with van der Waals surface area (Å²) in [6.07, 6.45) is 2.91. The minimum atomic E-state index is -0.563. The van der Waals surface area contributed by atoms with Crippen LogP contribution in [0.3, 0.4) is 0 Å². The van der Waals surface area contributed by atoms with E-state index >= 15 is 0 Å². The van der Waals surface area contributed by atoms with Crippen molar-refractivity contribution < 1.29 is 15.0 Å². The quantitative estimate of drug-likeness (QED) is 0.373. The molecule has 7 nitrogen and oxygen atoms in total. The number of rotatable bonds is 3. The number of amides is 1. The largest absolute Gasteiger partial charge is 0.378 e. The summed E-state index contributed by atoms with van der Waals surface area (Å²) in [5.74, 6) is 0.404. The Hall–Kier alpha value is -1.18. The van der Waals surface area contributed by atoms with Gasteiger partial charge in [0.15, 0.2) is 5.96 Å². The summed E-state index contributed by atoms with van der Waals surface area (Å²) >= 11 is 0. The first-order chi connectivity index (χ1) is 10.4. The number of nitrogens with zero attached hydrogens (tertiary/aromatic N) is 1. The molecule has 0 aromatic heterocycles. The van der Waals surface area contributed by atoms with Crippen LogP contribution in [0.4, 0.5) is 0 Å². The molecule has 7 heteroatoms. The molecule has 22 heavy (non-hydrogen) atoms. The summed E-state index contributed by atoms with van der Waals surface area (Å²) < 4.78 is 0. The molecule has 0 unspecified atom stereocenters. The molecule has 126 valence electrons. The number of likely N-dealkylation sites (tertiary alicyclic amines) is 1. The molecule has 0 radical (unpaired) electrons. The van der Waals surface area contributed by atoms with E-state index < -0.39 is 12.5 Å². The van der Waals surface area contributed by atoms with Gasteiger partial charge in [-0.05, 0) is 43.9 Å². The van der Waals surface area contributed by atoms with Crippen molar-refractivity contribution in [2.75, 3.05) is 13.6 Å². The highest BCUT2D eigenvalue weighted by Gasteiger charge is 2.38. The summed E-state index contributed by atoms with van der Waals surface area (Å²) in [6, 6.07) is 0. The monoisotopic (exact) mass is 312 g/mol. The topological polar surface area (TPSA) is 109 Å². The van der Waals surface area contributed by atoms with E-state index in [2.05, 4.69) is 10.6 Å². The number of aliphatic hydroxyl groups is 2. The Morgan fingerprint density at radius 2 is 1.91 bits per heavy atom. The third-order valence-corrected chi connectivity index (χ3v) is 5.00. The minimum absolute atomic E-state index is 0.0319. The van der Waals surface area contributed by atoms with Gasteiger partial charge in [0, 0.05) is 19.5 Å². The van der Waals surface area contributed by atoms with Crippen molar-refractivity contribution >= 4 is 11.9 Å². The third kappa shape index (κ3) is 3.97.